The van der Waals surface area contributed by atoms with E-state index in [1.807, 2.05) is 0 Å². The molecule has 0 aliphatic carbocycles. The van der Waals surface area contributed by atoms with E-state index in [9.17, 15) is 9.59 Å². The lowest BCUT2D eigenvalue weighted by atomic mass is 10.1. The first-order valence-electron chi connectivity index (χ1n) is 4.45. The fraction of sp³-hybridized carbons (Fsp3) is 0.200. The van der Waals surface area contributed by atoms with Crippen molar-refractivity contribution in [3.8, 4) is 11.5 Å². The maximum atomic E-state index is 11.0. The van der Waals surface area contributed by atoms with E-state index >= 15 is 0 Å². The van der Waals surface area contributed by atoms with Crippen LogP contribution in [0.5, 0.6) is 11.5 Å². The molecule has 5 nitrogen and oxygen atoms in total. The van der Waals surface area contributed by atoms with Crippen LogP contribution in [0.1, 0.15) is 20.7 Å². The molecule has 1 heterocycles. The maximum Gasteiger partial charge on any atom is 0.339 e. The number of fused-ring (bicyclic) bond motifs is 1. The highest BCUT2D eigenvalue weighted by Gasteiger charge is 2.25. The number of carbonyl (C=O) groups excluding carboxylic acids is 1. The molecule has 2 rings (SSSR count). The van der Waals surface area contributed by atoms with Gasteiger partial charge in [-0.05, 0) is 22.0 Å². The third kappa shape index (κ3) is 1.65. The summed E-state index contributed by atoms with van der Waals surface area (Å²) >= 11 is 3.12. The van der Waals surface area contributed by atoms with Crippen molar-refractivity contribution in [2.24, 2.45) is 0 Å². The average molecular weight is 287 g/mol. The molecule has 1 aliphatic rings. The Balaban J connectivity index is 2.71. The van der Waals surface area contributed by atoms with Crippen molar-refractivity contribution in [2.75, 3.05) is 13.2 Å². The zero-order valence-corrected chi connectivity index (χ0v) is 9.61. The van der Waals surface area contributed by atoms with Crippen LogP contribution in [0.15, 0.2) is 10.5 Å². The lowest BCUT2D eigenvalue weighted by Gasteiger charge is -2.21. The Bertz CT molecular complexity index is 469. The zero-order chi connectivity index (χ0) is 11.7. The quantitative estimate of drug-likeness (QED) is 0.839. The van der Waals surface area contributed by atoms with Crippen LogP contribution >= 0.6 is 15.9 Å². The summed E-state index contributed by atoms with van der Waals surface area (Å²) in [5.41, 5.74) is 0.242. The van der Waals surface area contributed by atoms with Crippen LogP contribution in [0.3, 0.4) is 0 Å². The molecule has 0 fully saturated rings. The average Bonchev–Trinajstić information content (AvgIpc) is 2.28. The molecule has 1 aliphatic heterocycles. The predicted octanol–water partition coefficient (Wildman–Crippen LogP) is 1.73. The lowest BCUT2D eigenvalue weighted by Crippen LogP contribution is -2.19. The monoisotopic (exact) mass is 286 g/mol. The van der Waals surface area contributed by atoms with Crippen LogP contribution in [-0.2, 0) is 0 Å². The minimum absolute atomic E-state index is 0.0211. The number of hydrogen-bond donors (Lipinski definition) is 1. The number of ether oxygens (including phenoxy) is 2. The van der Waals surface area contributed by atoms with Gasteiger partial charge in [0, 0.05) is 4.47 Å². The SMILES string of the molecule is O=Cc1c(Br)cc(C(=O)O)c2c1OCCO2. The Morgan fingerprint density at radius 3 is 2.56 bits per heavy atom. The summed E-state index contributed by atoms with van der Waals surface area (Å²) in [6.45, 7) is 0.566. The number of hydrogen-bond acceptors (Lipinski definition) is 4. The van der Waals surface area contributed by atoms with Gasteiger partial charge in [-0.1, -0.05) is 0 Å². The molecule has 1 aromatic rings. The largest absolute Gasteiger partial charge is 0.485 e. The van der Waals surface area contributed by atoms with Gasteiger partial charge in [0.2, 0.25) is 0 Å². The van der Waals surface area contributed by atoms with Gasteiger partial charge < -0.3 is 14.6 Å². The Morgan fingerprint density at radius 1 is 1.38 bits per heavy atom. The Labute approximate surface area is 99.1 Å². The van der Waals surface area contributed by atoms with Gasteiger partial charge in [-0.15, -0.1) is 0 Å². The van der Waals surface area contributed by atoms with Crippen LogP contribution in [0, 0.1) is 0 Å². The second-order valence-electron chi connectivity index (χ2n) is 3.10. The molecule has 0 amide bonds. The number of halogens is 1. The van der Waals surface area contributed by atoms with Crippen molar-refractivity contribution < 1.29 is 24.2 Å². The highest BCUT2D eigenvalue weighted by atomic mass is 79.9. The molecular formula is C10H7BrO5. The lowest BCUT2D eigenvalue weighted by molar-refractivity contribution is 0.0685. The molecule has 0 aromatic heterocycles. The minimum Gasteiger partial charge on any atom is -0.485 e. The van der Waals surface area contributed by atoms with E-state index in [0.29, 0.717) is 17.4 Å². The summed E-state index contributed by atoms with van der Waals surface area (Å²) in [6, 6.07) is 1.33. The molecular weight excluding hydrogens is 280 g/mol. The number of benzene rings is 1. The topological polar surface area (TPSA) is 72.8 Å². The van der Waals surface area contributed by atoms with E-state index in [1.165, 1.54) is 6.07 Å². The molecule has 1 N–H and O–H groups in total. The van der Waals surface area contributed by atoms with Gasteiger partial charge >= 0.3 is 5.97 Å². The van der Waals surface area contributed by atoms with Gasteiger partial charge in [0.05, 0.1) is 5.56 Å². The smallest absolute Gasteiger partial charge is 0.339 e. The van der Waals surface area contributed by atoms with Gasteiger partial charge in [0.15, 0.2) is 17.8 Å². The van der Waals surface area contributed by atoms with Gasteiger partial charge in [-0.2, -0.15) is 0 Å². The first-order valence-corrected chi connectivity index (χ1v) is 5.25. The third-order valence-electron chi connectivity index (χ3n) is 2.15. The Morgan fingerprint density at radius 2 is 2.00 bits per heavy atom. The molecule has 84 valence electrons. The highest BCUT2D eigenvalue weighted by molar-refractivity contribution is 9.10. The second-order valence-corrected chi connectivity index (χ2v) is 3.95. The Hall–Kier alpha value is -1.56. The summed E-state index contributed by atoms with van der Waals surface area (Å²) < 4.78 is 10.9. The second kappa shape index (κ2) is 4.13. The van der Waals surface area contributed by atoms with E-state index < -0.39 is 5.97 Å². The van der Waals surface area contributed by atoms with Crippen molar-refractivity contribution in [1.82, 2.24) is 0 Å². The first kappa shape index (κ1) is 10.9. The molecule has 0 atom stereocenters. The fourth-order valence-electron chi connectivity index (χ4n) is 1.47. The standard InChI is InChI=1S/C10H7BrO5/c11-7-3-5(10(13)14)8-9(6(7)4-12)16-2-1-15-8/h3-4H,1-2H2,(H,13,14). The van der Waals surface area contributed by atoms with Crippen molar-refractivity contribution in [3.63, 3.8) is 0 Å². The highest BCUT2D eigenvalue weighted by Crippen LogP contribution is 2.40. The van der Waals surface area contributed by atoms with E-state index in [-0.39, 0.29) is 29.2 Å². The summed E-state index contributed by atoms with van der Waals surface area (Å²) in [5, 5.41) is 8.98. The molecule has 1 aromatic carbocycles. The van der Waals surface area contributed by atoms with Gasteiger partial charge in [0.25, 0.3) is 0 Å². The number of aromatic carboxylic acids is 1. The molecule has 0 radical (unpaired) electrons. The molecule has 6 heteroatoms. The number of rotatable bonds is 2. The van der Waals surface area contributed by atoms with Crippen LogP contribution in [0.2, 0.25) is 0 Å². The van der Waals surface area contributed by atoms with E-state index in [2.05, 4.69) is 15.9 Å². The van der Waals surface area contributed by atoms with Crippen molar-refractivity contribution in [3.05, 3.63) is 21.7 Å². The zero-order valence-electron chi connectivity index (χ0n) is 8.03. The predicted molar refractivity (Wildman–Crippen MR) is 57.5 cm³/mol. The summed E-state index contributed by atoms with van der Waals surface area (Å²) in [7, 11) is 0. The number of carbonyl (C=O) groups is 2. The number of carboxylic acids is 1. The van der Waals surface area contributed by atoms with E-state index in [4.69, 9.17) is 14.6 Å². The van der Waals surface area contributed by atoms with Crippen LogP contribution in [0.4, 0.5) is 0 Å². The molecule has 0 saturated carbocycles. The summed E-state index contributed by atoms with van der Waals surface area (Å²) in [5.74, 6) is -0.822. The van der Waals surface area contributed by atoms with Crippen molar-refractivity contribution in [1.29, 1.82) is 0 Å². The molecule has 0 spiro atoms. The van der Waals surface area contributed by atoms with Gasteiger partial charge in [0.1, 0.15) is 18.8 Å². The Kier molecular flexibility index (Phi) is 2.82. The van der Waals surface area contributed by atoms with Crippen LogP contribution in [-0.4, -0.2) is 30.6 Å². The van der Waals surface area contributed by atoms with Crippen LogP contribution in [0.25, 0.3) is 0 Å². The molecule has 0 saturated heterocycles. The van der Waals surface area contributed by atoms with E-state index in [1.54, 1.807) is 0 Å². The fourth-order valence-corrected chi connectivity index (χ4v) is 1.97. The summed E-state index contributed by atoms with van der Waals surface area (Å²) in [6.07, 6.45) is 0.600. The maximum absolute atomic E-state index is 11.0. The molecule has 0 unspecified atom stereocenters. The van der Waals surface area contributed by atoms with E-state index in [0.717, 1.165) is 0 Å². The summed E-state index contributed by atoms with van der Waals surface area (Å²) in [4.78, 5) is 21.8. The van der Waals surface area contributed by atoms with Crippen molar-refractivity contribution in [2.45, 2.75) is 0 Å². The molecule has 0 bridgehead atoms. The van der Waals surface area contributed by atoms with Gasteiger partial charge in [-0.3, -0.25) is 4.79 Å². The number of carboxylic acid groups (broad SMARTS) is 1. The first-order chi connectivity index (χ1) is 7.65. The third-order valence-corrected chi connectivity index (χ3v) is 2.80. The van der Waals surface area contributed by atoms with Crippen molar-refractivity contribution >= 4 is 28.2 Å². The van der Waals surface area contributed by atoms with Crippen LogP contribution < -0.4 is 9.47 Å². The van der Waals surface area contributed by atoms with Gasteiger partial charge in [-0.25, -0.2) is 4.79 Å². The number of aldehydes is 1. The normalized spacial score (nSPS) is 13.3. The minimum atomic E-state index is -1.13. The molecule has 16 heavy (non-hydrogen) atoms.